The maximum Gasteiger partial charge on any atom is 0.240 e. The van der Waals surface area contributed by atoms with Gasteiger partial charge in [0.25, 0.3) is 0 Å². The van der Waals surface area contributed by atoms with Gasteiger partial charge < -0.3 is 5.32 Å². The molecule has 1 aliphatic carbocycles. The molecule has 1 amide bonds. The lowest BCUT2D eigenvalue weighted by molar-refractivity contribution is -0.121. The first-order valence-electron chi connectivity index (χ1n) is 10.1. The number of aromatic amines is 1. The Hall–Kier alpha value is -2.73. The fraction of sp³-hybridized carbons (Fsp3) is 0.348. The van der Waals surface area contributed by atoms with E-state index >= 15 is 0 Å². The van der Waals surface area contributed by atoms with Crippen molar-refractivity contribution in [3.05, 3.63) is 70.5 Å². The molecule has 6 heteroatoms. The van der Waals surface area contributed by atoms with Crippen LogP contribution in [0, 0.1) is 11.7 Å². The van der Waals surface area contributed by atoms with E-state index in [1.165, 1.54) is 24.0 Å². The summed E-state index contributed by atoms with van der Waals surface area (Å²) in [4.78, 5) is 12.8. The topological polar surface area (TPSA) is 62.7 Å². The molecule has 1 heterocycles. The van der Waals surface area contributed by atoms with Crippen molar-refractivity contribution in [2.24, 2.45) is 0 Å². The summed E-state index contributed by atoms with van der Waals surface area (Å²) in [5, 5.41) is 10.3. The van der Waals surface area contributed by atoms with Crippen LogP contribution in [0.3, 0.4) is 0 Å². The van der Waals surface area contributed by atoms with Crippen molar-refractivity contribution in [1.29, 1.82) is 0 Å². The molecular formula is C23H26N4OS. The summed E-state index contributed by atoms with van der Waals surface area (Å²) in [6.45, 7) is 2.85. The second kappa shape index (κ2) is 8.33. The van der Waals surface area contributed by atoms with Crippen molar-refractivity contribution in [3.63, 3.8) is 0 Å². The number of nitrogens with one attached hydrogen (secondary N) is 2. The van der Waals surface area contributed by atoms with E-state index in [1.54, 1.807) is 4.57 Å². The minimum absolute atomic E-state index is 0.0363. The number of benzene rings is 2. The standard InChI is InChI=1S/C23H26N4OS/c1-17-9-11-18(12-10-17)21-25-26-22(29)27(21)15-20(28)24-16-23(13-5-6-14-23)19-7-3-2-4-8-19/h2-4,7-12H,5-6,13-16H2,1H3,(H,24,28)(H,26,29). The maximum atomic E-state index is 12.8. The normalized spacial score (nSPS) is 15.3. The number of hydrogen-bond donors (Lipinski definition) is 2. The molecule has 1 fully saturated rings. The highest BCUT2D eigenvalue weighted by Crippen LogP contribution is 2.40. The lowest BCUT2D eigenvalue weighted by Crippen LogP contribution is -2.40. The van der Waals surface area contributed by atoms with Crippen LogP contribution >= 0.6 is 12.2 Å². The molecule has 1 saturated carbocycles. The zero-order valence-corrected chi connectivity index (χ0v) is 17.5. The molecule has 0 saturated heterocycles. The summed E-state index contributed by atoms with van der Waals surface area (Å²) >= 11 is 5.37. The molecule has 150 valence electrons. The van der Waals surface area contributed by atoms with Gasteiger partial charge in [0.05, 0.1) is 0 Å². The molecule has 0 bridgehead atoms. The highest BCUT2D eigenvalue weighted by atomic mass is 32.1. The number of nitrogens with zero attached hydrogens (tertiary/aromatic N) is 2. The Bertz CT molecular complexity index is 1030. The monoisotopic (exact) mass is 406 g/mol. The molecule has 2 N–H and O–H groups in total. The van der Waals surface area contributed by atoms with E-state index < -0.39 is 0 Å². The van der Waals surface area contributed by atoms with Crippen LogP contribution in [0.2, 0.25) is 0 Å². The molecular weight excluding hydrogens is 380 g/mol. The molecule has 29 heavy (non-hydrogen) atoms. The molecule has 5 nitrogen and oxygen atoms in total. The first-order valence-corrected chi connectivity index (χ1v) is 10.5. The molecule has 3 aromatic rings. The SMILES string of the molecule is Cc1ccc(-c2n[nH]c(=S)n2CC(=O)NCC2(c3ccccc3)CCCC2)cc1. The Labute approximate surface area is 176 Å². The molecule has 0 atom stereocenters. The zero-order chi connectivity index (χ0) is 20.3. The molecule has 0 radical (unpaired) electrons. The van der Waals surface area contributed by atoms with E-state index in [2.05, 4.69) is 39.8 Å². The van der Waals surface area contributed by atoms with Gasteiger partial charge in [0.2, 0.25) is 5.91 Å². The third-order valence-corrected chi connectivity index (χ3v) is 6.25. The van der Waals surface area contributed by atoms with Crippen LogP contribution in [0.4, 0.5) is 0 Å². The highest BCUT2D eigenvalue weighted by Gasteiger charge is 2.35. The number of aromatic nitrogens is 3. The van der Waals surface area contributed by atoms with E-state index in [-0.39, 0.29) is 17.9 Å². The van der Waals surface area contributed by atoms with Gasteiger partial charge in [-0.3, -0.25) is 14.5 Å². The molecule has 2 aromatic carbocycles. The molecule has 0 aliphatic heterocycles. The number of carbonyl (C=O) groups is 1. The first-order chi connectivity index (χ1) is 14.1. The third-order valence-electron chi connectivity index (χ3n) is 5.94. The van der Waals surface area contributed by atoms with Crippen LogP contribution in [0.15, 0.2) is 54.6 Å². The molecule has 0 unspecified atom stereocenters. The van der Waals surface area contributed by atoms with E-state index in [9.17, 15) is 4.79 Å². The van der Waals surface area contributed by atoms with Gasteiger partial charge >= 0.3 is 0 Å². The highest BCUT2D eigenvalue weighted by molar-refractivity contribution is 7.71. The summed E-state index contributed by atoms with van der Waals surface area (Å²) in [6, 6.07) is 18.6. The van der Waals surface area contributed by atoms with Crippen molar-refractivity contribution in [3.8, 4) is 11.4 Å². The number of H-pyrrole nitrogens is 1. The van der Waals surface area contributed by atoms with Gasteiger partial charge in [0.15, 0.2) is 10.6 Å². The van der Waals surface area contributed by atoms with Crippen LogP contribution < -0.4 is 5.32 Å². The lowest BCUT2D eigenvalue weighted by Gasteiger charge is -2.30. The summed E-state index contributed by atoms with van der Waals surface area (Å²) in [5.41, 5.74) is 3.47. The number of aryl methyl sites for hydroxylation is 1. The number of hydrogen-bond acceptors (Lipinski definition) is 3. The number of amides is 1. The predicted octanol–water partition coefficient (Wildman–Crippen LogP) is 4.54. The van der Waals surface area contributed by atoms with Gasteiger partial charge in [0, 0.05) is 17.5 Å². The smallest absolute Gasteiger partial charge is 0.240 e. The minimum atomic E-state index is -0.0435. The van der Waals surface area contributed by atoms with Gasteiger partial charge in [-0.2, -0.15) is 5.10 Å². The first kappa shape index (κ1) is 19.6. The second-order valence-electron chi connectivity index (χ2n) is 7.93. The number of rotatable bonds is 6. The average molecular weight is 407 g/mol. The third kappa shape index (κ3) is 4.17. The largest absolute Gasteiger partial charge is 0.354 e. The van der Waals surface area contributed by atoms with E-state index in [0.717, 1.165) is 18.4 Å². The van der Waals surface area contributed by atoms with E-state index in [0.29, 0.717) is 17.1 Å². The Kier molecular flexibility index (Phi) is 5.62. The van der Waals surface area contributed by atoms with E-state index in [4.69, 9.17) is 12.2 Å². The fourth-order valence-corrected chi connectivity index (χ4v) is 4.46. The number of carbonyl (C=O) groups excluding carboxylic acids is 1. The van der Waals surface area contributed by atoms with Crippen LogP contribution in [0.1, 0.15) is 36.8 Å². The Balaban J connectivity index is 1.49. The van der Waals surface area contributed by atoms with Gasteiger partial charge in [-0.25, -0.2) is 0 Å². The van der Waals surface area contributed by atoms with Crippen molar-refractivity contribution in [2.45, 2.75) is 44.6 Å². The summed E-state index contributed by atoms with van der Waals surface area (Å²) < 4.78 is 2.22. The average Bonchev–Trinajstić information content (AvgIpc) is 3.36. The van der Waals surface area contributed by atoms with Crippen molar-refractivity contribution < 1.29 is 4.79 Å². The van der Waals surface area contributed by atoms with Crippen molar-refractivity contribution in [2.75, 3.05) is 6.54 Å². The Morgan fingerprint density at radius 1 is 1.14 bits per heavy atom. The summed E-state index contributed by atoms with van der Waals surface area (Å²) in [5.74, 6) is 0.641. The zero-order valence-electron chi connectivity index (χ0n) is 16.6. The van der Waals surface area contributed by atoms with Gasteiger partial charge in [-0.1, -0.05) is 73.0 Å². The van der Waals surface area contributed by atoms with E-state index in [1.807, 2.05) is 37.3 Å². The van der Waals surface area contributed by atoms with Gasteiger partial charge in [-0.15, -0.1) is 0 Å². The molecule has 0 spiro atoms. The van der Waals surface area contributed by atoms with Crippen LogP contribution in [-0.2, 0) is 16.8 Å². The molecule has 1 aromatic heterocycles. The maximum absolute atomic E-state index is 12.8. The quantitative estimate of drug-likeness (QED) is 0.591. The Morgan fingerprint density at radius 3 is 2.52 bits per heavy atom. The Morgan fingerprint density at radius 2 is 1.83 bits per heavy atom. The lowest BCUT2D eigenvalue weighted by atomic mass is 9.79. The van der Waals surface area contributed by atoms with Gasteiger partial charge in [0.1, 0.15) is 6.54 Å². The van der Waals surface area contributed by atoms with Crippen LogP contribution in [-0.4, -0.2) is 27.2 Å². The van der Waals surface area contributed by atoms with Crippen molar-refractivity contribution in [1.82, 2.24) is 20.1 Å². The predicted molar refractivity (Wildman–Crippen MR) is 117 cm³/mol. The summed E-state index contributed by atoms with van der Waals surface area (Å²) in [7, 11) is 0. The van der Waals surface area contributed by atoms with Crippen LogP contribution in [0.25, 0.3) is 11.4 Å². The van der Waals surface area contributed by atoms with Gasteiger partial charge in [-0.05, 0) is 37.5 Å². The summed E-state index contributed by atoms with van der Waals surface area (Å²) in [6.07, 6.45) is 4.62. The molecule has 4 rings (SSSR count). The molecule has 1 aliphatic rings. The minimum Gasteiger partial charge on any atom is -0.354 e. The van der Waals surface area contributed by atoms with Crippen LogP contribution in [0.5, 0.6) is 0 Å². The van der Waals surface area contributed by atoms with Crippen molar-refractivity contribution >= 4 is 18.1 Å². The fourth-order valence-electron chi connectivity index (χ4n) is 4.27. The second-order valence-corrected chi connectivity index (χ2v) is 8.32.